The number of rotatable bonds is 5. The Morgan fingerprint density at radius 3 is 2.83 bits per heavy atom. The maximum Gasteiger partial charge on any atom is 0.328 e. The summed E-state index contributed by atoms with van der Waals surface area (Å²) < 4.78 is 5.44. The molecular weight excluding hydrogens is 274 g/mol. The minimum atomic E-state index is -0.658. The lowest BCUT2D eigenvalue weighted by Gasteiger charge is -2.10. The third-order valence-electron chi connectivity index (χ3n) is 1.99. The fourth-order valence-electron chi connectivity index (χ4n) is 1.16. The van der Waals surface area contributed by atoms with Gasteiger partial charge in [0.15, 0.2) is 0 Å². The number of hydrogen-bond donors (Lipinski definition) is 1. The van der Waals surface area contributed by atoms with Gasteiger partial charge in [0.25, 0.3) is 0 Å². The van der Waals surface area contributed by atoms with Crippen LogP contribution < -0.4 is 5.32 Å². The van der Waals surface area contributed by atoms with E-state index in [1.807, 2.05) is 6.07 Å². The molecule has 0 bridgehead atoms. The number of nitrogens with one attached hydrogen (secondary N) is 1. The van der Waals surface area contributed by atoms with Gasteiger partial charge in [-0.05, 0) is 32.1 Å². The van der Waals surface area contributed by atoms with E-state index in [0.29, 0.717) is 10.9 Å². The van der Waals surface area contributed by atoms with Crippen molar-refractivity contribution in [2.24, 2.45) is 0 Å². The Labute approximate surface area is 115 Å². The van der Waals surface area contributed by atoms with Gasteiger partial charge < -0.3 is 10.1 Å². The summed E-state index contributed by atoms with van der Waals surface area (Å²) in [7, 11) is 0. The van der Waals surface area contributed by atoms with Gasteiger partial charge >= 0.3 is 5.97 Å². The summed E-state index contributed by atoms with van der Waals surface area (Å²) in [5.41, 5.74) is 0. The molecule has 1 N–H and O–H groups in total. The molecule has 1 amide bonds. The van der Waals surface area contributed by atoms with E-state index >= 15 is 0 Å². The summed E-state index contributed by atoms with van der Waals surface area (Å²) in [6.07, 6.45) is 3.00. The fraction of sp³-hybridized carbons (Fsp3) is 0.333. The lowest BCUT2D eigenvalue weighted by atomic mass is 10.3. The molecule has 4 nitrogen and oxygen atoms in total. The number of hydrogen-bond acceptors (Lipinski definition) is 4. The first-order chi connectivity index (χ1) is 8.52. The number of thiophene rings is 1. The van der Waals surface area contributed by atoms with Crippen molar-refractivity contribution in [1.29, 1.82) is 0 Å². The Bertz CT molecular complexity index is 456. The summed E-state index contributed by atoms with van der Waals surface area (Å²) in [6.45, 7) is 3.58. The van der Waals surface area contributed by atoms with Crippen molar-refractivity contribution in [1.82, 2.24) is 5.32 Å². The first-order valence-electron chi connectivity index (χ1n) is 5.43. The van der Waals surface area contributed by atoms with Gasteiger partial charge in [-0.15, -0.1) is 11.3 Å². The molecule has 0 aliphatic rings. The van der Waals surface area contributed by atoms with E-state index in [9.17, 15) is 9.59 Å². The topological polar surface area (TPSA) is 55.4 Å². The van der Waals surface area contributed by atoms with Crippen molar-refractivity contribution in [3.05, 3.63) is 27.4 Å². The molecule has 1 unspecified atom stereocenters. The summed E-state index contributed by atoms with van der Waals surface area (Å²) >= 11 is 7.13. The molecule has 0 saturated carbocycles. The zero-order valence-corrected chi connectivity index (χ0v) is 11.7. The molecule has 0 fully saturated rings. The molecule has 1 heterocycles. The van der Waals surface area contributed by atoms with Crippen molar-refractivity contribution in [3.8, 4) is 0 Å². The van der Waals surface area contributed by atoms with Gasteiger partial charge in [-0.25, -0.2) is 4.79 Å². The number of amides is 1. The second-order valence-electron chi connectivity index (χ2n) is 3.46. The molecule has 1 rings (SSSR count). The van der Waals surface area contributed by atoms with Crippen molar-refractivity contribution in [2.45, 2.75) is 19.9 Å². The van der Waals surface area contributed by atoms with Crippen molar-refractivity contribution >= 4 is 40.9 Å². The van der Waals surface area contributed by atoms with E-state index < -0.39 is 12.0 Å². The Hall–Kier alpha value is -1.33. The van der Waals surface area contributed by atoms with Crippen LogP contribution in [0.3, 0.4) is 0 Å². The first kappa shape index (κ1) is 14.7. The average Bonchev–Trinajstić information content (AvgIpc) is 2.73. The summed E-state index contributed by atoms with van der Waals surface area (Å²) in [5, 5.41) is 2.51. The SMILES string of the molecule is CCOC(=O)C(C)NC(=O)C=Cc1ccc(Cl)s1. The third-order valence-corrected chi connectivity index (χ3v) is 3.19. The largest absolute Gasteiger partial charge is 0.464 e. The lowest BCUT2D eigenvalue weighted by Crippen LogP contribution is -2.38. The van der Waals surface area contributed by atoms with Gasteiger partial charge in [0.2, 0.25) is 5.91 Å². The highest BCUT2D eigenvalue weighted by atomic mass is 35.5. The summed E-state index contributed by atoms with van der Waals surface area (Å²) in [5.74, 6) is -0.793. The maximum absolute atomic E-state index is 11.5. The molecule has 0 radical (unpaired) electrons. The van der Waals surface area contributed by atoms with Gasteiger partial charge in [0.1, 0.15) is 6.04 Å². The molecule has 6 heteroatoms. The van der Waals surface area contributed by atoms with Crippen LogP contribution in [0.1, 0.15) is 18.7 Å². The molecule has 1 atom stereocenters. The molecule has 18 heavy (non-hydrogen) atoms. The van der Waals surface area contributed by atoms with Gasteiger partial charge in [-0.1, -0.05) is 11.6 Å². The van der Waals surface area contributed by atoms with E-state index in [2.05, 4.69) is 5.32 Å². The predicted molar refractivity (Wildman–Crippen MR) is 72.6 cm³/mol. The summed E-state index contributed by atoms with van der Waals surface area (Å²) in [6, 6.07) is 2.91. The van der Waals surface area contributed by atoms with Crippen molar-refractivity contribution < 1.29 is 14.3 Å². The van der Waals surface area contributed by atoms with Crippen LogP contribution in [0, 0.1) is 0 Å². The van der Waals surface area contributed by atoms with Gasteiger partial charge in [-0.2, -0.15) is 0 Å². The smallest absolute Gasteiger partial charge is 0.328 e. The monoisotopic (exact) mass is 287 g/mol. The molecule has 0 saturated heterocycles. The highest BCUT2D eigenvalue weighted by Gasteiger charge is 2.14. The number of esters is 1. The maximum atomic E-state index is 11.5. The van der Waals surface area contributed by atoms with Gasteiger partial charge in [0.05, 0.1) is 10.9 Å². The molecule has 1 aromatic heterocycles. The summed E-state index contributed by atoms with van der Waals surface area (Å²) in [4.78, 5) is 23.7. The Kier molecular flexibility index (Phi) is 5.88. The van der Waals surface area contributed by atoms with Gasteiger partial charge in [0, 0.05) is 11.0 Å². The van der Waals surface area contributed by atoms with E-state index in [-0.39, 0.29) is 5.91 Å². The Balaban J connectivity index is 2.46. The number of carbonyl (C=O) groups is 2. The van der Waals surface area contributed by atoms with Crippen LogP contribution in [0.5, 0.6) is 0 Å². The Morgan fingerprint density at radius 1 is 1.56 bits per heavy atom. The van der Waals surface area contributed by atoms with Crippen LogP contribution in [0.25, 0.3) is 6.08 Å². The molecule has 0 aromatic carbocycles. The zero-order chi connectivity index (χ0) is 13.5. The van der Waals surface area contributed by atoms with E-state index in [0.717, 1.165) is 4.88 Å². The fourth-order valence-corrected chi connectivity index (χ4v) is 2.13. The van der Waals surface area contributed by atoms with Gasteiger partial charge in [-0.3, -0.25) is 4.79 Å². The standard InChI is InChI=1S/C12H14ClNO3S/c1-3-17-12(16)8(2)14-11(15)7-5-9-4-6-10(13)18-9/h4-8H,3H2,1-2H3,(H,14,15). The molecule has 0 spiro atoms. The second kappa shape index (κ2) is 7.18. The Morgan fingerprint density at radius 2 is 2.28 bits per heavy atom. The normalized spacial score (nSPS) is 12.4. The molecule has 98 valence electrons. The molecular formula is C12H14ClNO3S. The van der Waals surface area contributed by atoms with Crippen LogP contribution in [0.2, 0.25) is 4.34 Å². The van der Waals surface area contributed by atoms with Crippen LogP contribution >= 0.6 is 22.9 Å². The number of carbonyl (C=O) groups excluding carboxylic acids is 2. The minimum Gasteiger partial charge on any atom is -0.464 e. The number of ether oxygens (including phenoxy) is 1. The van der Waals surface area contributed by atoms with Crippen molar-refractivity contribution in [2.75, 3.05) is 6.61 Å². The number of halogens is 1. The van der Waals surface area contributed by atoms with Crippen LogP contribution in [-0.4, -0.2) is 24.5 Å². The third kappa shape index (κ3) is 4.89. The minimum absolute atomic E-state index is 0.294. The average molecular weight is 288 g/mol. The van der Waals surface area contributed by atoms with E-state index in [4.69, 9.17) is 16.3 Å². The predicted octanol–water partition coefficient (Wildman–Crippen LogP) is 2.48. The van der Waals surface area contributed by atoms with Crippen molar-refractivity contribution in [3.63, 3.8) is 0 Å². The quantitative estimate of drug-likeness (QED) is 0.669. The highest BCUT2D eigenvalue weighted by Crippen LogP contribution is 2.22. The second-order valence-corrected chi connectivity index (χ2v) is 5.20. The van der Waals surface area contributed by atoms with E-state index in [1.165, 1.54) is 17.4 Å². The van der Waals surface area contributed by atoms with Crippen LogP contribution in [0.15, 0.2) is 18.2 Å². The van der Waals surface area contributed by atoms with E-state index in [1.54, 1.807) is 26.0 Å². The highest BCUT2D eigenvalue weighted by molar-refractivity contribution is 7.17. The van der Waals surface area contributed by atoms with Crippen LogP contribution in [0.4, 0.5) is 0 Å². The molecule has 0 aliphatic heterocycles. The lowest BCUT2D eigenvalue weighted by molar-refractivity contribution is -0.146. The first-order valence-corrected chi connectivity index (χ1v) is 6.63. The molecule has 1 aromatic rings. The van der Waals surface area contributed by atoms with Crippen LogP contribution in [-0.2, 0) is 14.3 Å². The zero-order valence-electron chi connectivity index (χ0n) is 10.1. The molecule has 0 aliphatic carbocycles.